The normalized spacial score (nSPS) is 23.4. The van der Waals surface area contributed by atoms with Crippen LogP contribution in [0.15, 0.2) is 24.3 Å². The van der Waals surface area contributed by atoms with Crippen LogP contribution >= 0.6 is 0 Å². The quantitative estimate of drug-likeness (QED) is 0.839. The van der Waals surface area contributed by atoms with Gasteiger partial charge >= 0.3 is 12.1 Å². The van der Waals surface area contributed by atoms with Gasteiger partial charge in [0.05, 0.1) is 18.6 Å². The van der Waals surface area contributed by atoms with Gasteiger partial charge in [-0.1, -0.05) is 18.2 Å². The summed E-state index contributed by atoms with van der Waals surface area (Å²) in [5, 5.41) is 3.01. The molecule has 0 aromatic heterocycles. The third kappa shape index (κ3) is 2.89. The largest absolute Gasteiger partial charge is 0.469 e. The first-order valence-corrected chi connectivity index (χ1v) is 5.89. The molecule has 1 heterocycles. The van der Waals surface area contributed by atoms with Crippen molar-refractivity contribution >= 4 is 5.97 Å². The van der Waals surface area contributed by atoms with Crippen molar-refractivity contribution in [3.05, 3.63) is 35.4 Å². The predicted octanol–water partition coefficient (Wildman–Crippen LogP) is 2.18. The van der Waals surface area contributed by atoms with Crippen LogP contribution in [0.3, 0.4) is 0 Å². The number of hydrogen-bond acceptors (Lipinski definition) is 3. The highest BCUT2D eigenvalue weighted by Crippen LogP contribution is 2.34. The van der Waals surface area contributed by atoms with Crippen molar-refractivity contribution in [1.82, 2.24) is 5.32 Å². The molecule has 0 bridgehead atoms. The van der Waals surface area contributed by atoms with Gasteiger partial charge in [-0.05, 0) is 11.6 Å². The van der Waals surface area contributed by atoms with E-state index in [1.165, 1.54) is 13.2 Å². The summed E-state index contributed by atoms with van der Waals surface area (Å²) < 4.78 is 42.7. The molecule has 1 saturated heterocycles. The fraction of sp³-hybridized carbons (Fsp3) is 0.462. The zero-order valence-corrected chi connectivity index (χ0v) is 10.3. The minimum absolute atomic E-state index is 0.283. The number of methoxy groups -OCH3 is 1. The molecule has 1 N–H and O–H groups in total. The summed E-state index contributed by atoms with van der Waals surface area (Å²) in [6, 6.07) is 5.11. The molecule has 2 rings (SSSR count). The van der Waals surface area contributed by atoms with E-state index in [4.69, 9.17) is 0 Å². The maximum absolute atomic E-state index is 12.7. The molecule has 1 fully saturated rings. The van der Waals surface area contributed by atoms with Crippen molar-refractivity contribution in [2.75, 3.05) is 20.2 Å². The minimum Gasteiger partial charge on any atom is -0.469 e. The van der Waals surface area contributed by atoms with Gasteiger partial charge in [-0.25, -0.2) is 0 Å². The predicted molar refractivity (Wildman–Crippen MR) is 62.6 cm³/mol. The lowest BCUT2D eigenvalue weighted by molar-refractivity contribution is -0.145. The first-order chi connectivity index (χ1) is 8.93. The number of nitrogens with one attached hydrogen (secondary N) is 1. The number of carbonyl (C=O) groups excluding carboxylic acids is 1. The Morgan fingerprint density at radius 1 is 1.37 bits per heavy atom. The number of halogens is 3. The van der Waals surface area contributed by atoms with E-state index in [9.17, 15) is 18.0 Å². The lowest BCUT2D eigenvalue weighted by Gasteiger charge is -2.18. The molecule has 0 saturated carbocycles. The van der Waals surface area contributed by atoms with Gasteiger partial charge in [0.15, 0.2) is 0 Å². The molecule has 19 heavy (non-hydrogen) atoms. The highest BCUT2D eigenvalue weighted by Gasteiger charge is 2.36. The standard InChI is InChI=1S/C13H14F3NO2/c1-19-12(18)11-7-17-6-10(11)8-3-2-4-9(5-8)13(14,15)16/h2-5,10-11,17H,6-7H2,1H3/t10-,11+/m1/s1. The lowest BCUT2D eigenvalue weighted by Crippen LogP contribution is -2.23. The van der Waals surface area contributed by atoms with Gasteiger partial charge < -0.3 is 10.1 Å². The van der Waals surface area contributed by atoms with Crippen molar-refractivity contribution in [3.63, 3.8) is 0 Å². The van der Waals surface area contributed by atoms with Gasteiger partial charge in [0.2, 0.25) is 0 Å². The summed E-state index contributed by atoms with van der Waals surface area (Å²) in [5.41, 5.74) is -0.184. The van der Waals surface area contributed by atoms with Crippen molar-refractivity contribution in [3.8, 4) is 0 Å². The molecule has 1 aliphatic rings. The second-order valence-corrected chi connectivity index (χ2v) is 4.52. The van der Waals surface area contributed by atoms with Crippen LogP contribution in [0, 0.1) is 5.92 Å². The number of carbonyl (C=O) groups is 1. The van der Waals surface area contributed by atoms with E-state index in [0.29, 0.717) is 18.7 Å². The number of rotatable bonds is 2. The van der Waals surface area contributed by atoms with Crippen molar-refractivity contribution in [1.29, 1.82) is 0 Å². The second-order valence-electron chi connectivity index (χ2n) is 4.52. The van der Waals surface area contributed by atoms with Gasteiger partial charge in [0, 0.05) is 19.0 Å². The molecular weight excluding hydrogens is 259 g/mol. The zero-order chi connectivity index (χ0) is 14.0. The number of esters is 1. The summed E-state index contributed by atoms with van der Waals surface area (Å²) in [6.07, 6.45) is -4.37. The number of ether oxygens (including phenoxy) is 1. The highest BCUT2D eigenvalue weighted by molar-refractivity contribution is 5.74. The first-order valence-electron chi connectivity index (χ1n) is 5.89. The van der Waals surface area contributed by atoms with Crippen molar-refractivity contribution in [2.45, 2.75) is 12.1 Å². The minimum atomic E-state index is -4.37. The van der Waals surface area contributed by atoms with Gasteiger partial charge in [-0.2, -0.15) is 13.2 Å². The van der Waals surface area contributed by atoms with Gasteiger partial charge in [0.25, 0.3) is 0 Å². The molecule has 0 amide bonds. The van der Waals surface area contributed by atoms with Crippen LogP contribution in [0.2, 0.25) is 0 Å². The molecule has 0 aliphatic carbocycles. The van der Waals surface area contributed by atoms with Crippen LogP contribution in [0.5, 0.6) is 0 Å². The Morgan fingerprint density at radius 3 is 2.74 bits per heavy atom. The van der Waals surface area contributed by atoms with Crippen LogP contribution in [0.4, 0.5) is 13.2 Å². The fourth-order valence-corrected chi connectivity index (χ4v) is 2.37. The van der Waals surface area contributed by atoms with Crippen LogP contribution in [0.25, 0.3) is 0 Å². The van der Waals surface area contributed by atoms with E-state index in [2.05, 4.69) is 10.1 Å². The topological polar surface area (TPSA) is 38.3 Å². The number of alkyl halides is 3. The molecular formula is C13H14F3NO2. The molecule has 1 aromatic carbocycles. The lowest BCUT2D eigenvalue weighted by atomic mass is 9.88. The van der Waals surface area contributed by atoms with Gasteiger partial charge in [-0.15, -0.1) is 0 Å². The Labute approximate surface area is 108 Å². The van der Waals surface area contributed by atoms with E-state index >= 15 is 0 Å². The summed E-state index contributed by atoms with van der Waals surface area (Å²) >= 11 is 0. The molecule has 1 aromatic rings. The molecule has 6 heteroatoms. The molecule has 3 nitrogen and oxygen atoms in total. The van der Waals surface area contributed by atoms with E-state index in [-0.39, 0.29) is 5.92 Å². The molecule has 1 aliphatic heterocycles. The zero-order valence-electron chi connectivity index (χ0n) is 10.3. The Morgan fingerprint density at radius 2 is 2.11 bits per heavy atom. The number of hydrogen-bond donors (Lipinski definition) is 1. The SMILES string of the molecule is COC(=O)[C@H]1CNC[C@@H]1c1cccc(C(F)(F)F)c1. The summed E-state index contributed by atoms with van der Waals surface area (Å²) in [5.74, 6) is -1.12. The average molecular weight is 273 g/mol. The van der Waals surface area contributed by atoms with E-state index in [1.54, 1.807) is 6.07 Å². The van der Waals surface area contributed by atoms with Gasteiger partial charge in [0.1, 0.15) is 0 Å². The first kappa shape index (κ1) is 13.9. The third-order valence-electron chi connectivity index (χ3n) is 3.36. The molecule has 104 valence electrons. The van der Waals surface area contributed by atoms with Crippen molar-refractivity contribution < 1.29 is 22.7 Å². The van der Waals surface area contributed by atoms with E-state index < -0.39 is 23.6 Å². The fourth-order valence-electron chi connectivity index (χ4n) is 2.37. The Hall–Kier alpha value is -1.56. The average Bonchev–Trinajstić information content (AvgIpc) is 2.86. The highest BCUT2D eigenvalue weighted by atomic mass is 19.4. The maximum Gasteiger partial charge on any atom is 0.416 e. The maximum atomic E-state index is 12.7. The number of benzene rings is 1. The molecule has 0 radical (unpaired) electrons. The van der Waals surface area contributed by atoms with Crippen LogP contribution in [-0.4, -0.2) is 26.2 Å². The Bertz CT molecular complexity index is 473. The van der Waals surface area contributed by atoms with E-state index in [0.717, 1.165) is 12.1 Å². The summed E-state index contributed by atoms with van der Waals surface area (Å²) in [6.45, 7) is 0.897. The van der Waals surface area contributed by atoms with E-state index in [1.807, 2.05) is 0 Å². The van der Waals surface area contributed by atoms with Crippen LogP contribution in [0.1, 0.15) is 17.0 Å². The van der Waals surface area contributed by atoms with Crippen molar-refractivity contribution in [2.24, 2.45) is 5.92 Å². The van der Waals surface area contributed by atoms with Crippen LogP contribution < -0.4 is 5.32 Å². The van der Waals surface area contributed by atoms with Gasteiger partial charge in [-0.3, -0.25) is 4.79 Å². The van der Waals surface area contributed by atoms with Crippen LogP contribution in [-0.2, 0) is 15.7 Å². The monoisotopic (exact) mass is 273 g/mol. The Kier molecular flexibility index (Phi) is 3.80. The third-order valence-corrected chi connectivity index (χ3v) is 3.36. The summed E-state index contributed by atoms with van der Waals surface area (Å²) in [4.78, 5) is 11.6. The Balaban J connectivity index is 2.29. The second kappa shape index (κ2) is 5.21. The smallest absolute Gasteiger partial charge is 0.416 e. The summed E-state index contributed by atoms with van der Waals surface area (Å²) in [7, 11) is 1.28. The molecule has 0 spiro atoms. The molecule has 0 unspecified atom stereocenters. The molecule has 2 atom stereocenters.